The fourth-order valence-corrected chi connectivity index (χ4v) is 9.14. The molecule has 192 valence electrons. The van der Waals surface area contributed by atoms with Crippen LogP contribution in [-0.2, 0) is 14.4 Å². The topological polar surface area (TPSA) is 81.2 Å². The Hall–Kier alpha value is -1.80. The van der Waals surface area contributed by atoms with Gasteiger partial charge in [0.2, 0.25) is 17.7 Å². The number of aliphatic hydroxyl groups excluding tert-OH is 1. The second kappa shape index (κ2) is 9.92. The second-order valence-corrected chi connectivity index (χ2v) is 12.2. The van der Waals surface area contributed by atoms with E-state index >= 15 is 0 Å². The third-order valence-corrected chi connectivity index (χ3v) is 10.5. The molecule has 4 heterocycles. The molecule has 7 nitrogen and oxygen atoms in total. The first-order valence-electron chi connectivity index (χ1n) is 13.5. The summed E-state index contributed by atoms with van der Waals surface area (Å²) < 4.78 is -0.787. The van der Waals surface area contributed by atoms with Crippen molar-refractivity contribution in [3.05, 3.63) is 24.3 Å². The van der Waals surface area contributed by atoms with Gasteiger partial charge in [-0.3, -0.25) is 14.4 Å². The van der Waals surface area contributed by atoms with Crippen LogP contribution in [0, 0.1) is 11.8 Å². The Morgan fingerprint density at radius 2 is 1.83 bits per heavy atom. The molecule has 0 aromatic heterocycles. The summed E-state index contributed by atoms with van der Waals surface area (Å²) in [5.41, 5.74) is 0. The molecule has 0 radical (unpaired) electrons. The molecule has 2 saturated heterocycles. The number of fused-ring (bicyclic) bond motifs is 2. The van der Waals surface area contributed by atoms with Gasteiger partial charge in [-0.1, -0.05) is 57.4 Å². The number of hydrogen-bond donors (Lipinski definition) is 1. The highest BCUT2D eigenvalue weighted by Gasteiger charge is 2.71. The lowest BCUT2D eigenvalue weighted by Gasteiger charge is -2.41. The molecule has 0 bridgehead atoms. The Kier molecular flexibility index (Phi) is 7.05. The zero-order valence-electron chi connectivity index (χ0n) is 21.0. The number of aliphatic hydroxyl groups is 1. The van der Waals surface area contributed by atoms with E-state index < -0.39 is 28.7 Å². The van der Waals surface area contributed by atoms with E-state index in [1.54, 1.807) is 16.7 Å². The Morgan fingerprint density at radius 1 is 1.06 bits per heavy atom. The van der Waals surface area contributed by atoms with Gasteiger partial charge in [0.15, 0.2) is 0 Å². The van der Waals surface area contributed by atoms with E-state index in [1.807, 2.05) is 16.7 Å². The fourth-order valence-electron chi connectivity index (χ4n) is 7.15. The lowest BCUT2D eigenvalue weighted by Crippen LogP contribution is -2.58. The average Bonchev–Trinajstić information content (AvgIpc) is 3.19. The van der Waals surface area contributed by atoms with Crippen molar-refractivity contribution in [2.24, 2.45) is 11.8 Å². The number of nitrogens with zero attached hydrogens (tertiary/aromatic N) is 3. The number of amides is 3. The molecule has 1 spiro atoms. The summed E-state index contributed by atoms with van der Waals surface area (Å²) in [6.45, 7) is 5.60. The van der Waals surface area contributed by atoms with Crippen LogP contribution in [0.1, 0.15) is 58.8 Å². The van der Waals surface area contributed by atoms with Crippen LogP contribution in [-0.4, -0.2) is 91.9 Å². The molecule has 3 amide bonds. The van der Waals surface area contributed by atoms with Gasteiger partial charge in [-0.25, -0.2) is 0 Å². The summed E-state index contributed by atoms with van der Waals surface area (Å²) in [6.07, 6.45) is 15.2. The summed E-state index contributed by atoms with van der Waals surface area (Å²) >= 11 is 1.63. The predicted octanol–water partition coefficient (Wildman–Crippen LogP) is 2.59. The van der Waals surface area contributed by atoms with Crippen LogP contribution in [0.2, 0.25) is 0 Å². The van der Waals surface area contributed by atoms with Gasteiger partial charge in [-0.15, -0.1) is 11.8 Å². The predicted molar refractivity (Wildman–Crippen MR) is 137 cm³/mol. The van der Waals surface area contributed by atoms with Crippen LogP contribution in [0.5, 0.6) is 0 Å². The molecule has 1 aliphatic carbocycles. The van der Waals surface area contributed by atoms with E-state index in [0.29, 0.717) is 26.1 Å². The summed E-state index contributed by atoms with van der Waals surface area (Å²) in [6, 6.07) is -0.920. The summed E-state index contributed by atoms with van der Waals surface area (Å²) in [4.78, 5) is 47.9. The first kappa shape index (κ1) is 24.9. The van der Waals surface area contributed by atoms with Crippen LogP contribution in [0.3, 0.4) is 0 Å². The summed E-state index contributed by atoms with van der Waals surface area (Å²) in [5, 5.41) is 10.1. The van der Waals surface area contributed by atoms with Crippen molar-refractivity contribution in [1.82, 2.24) is 14.7 Å². The molecule has 1 N–H and O–H groups in total. The van der Waals surface area contributed by atoms with E-state index in [0.717, 1.165) is 32.1 Å². The maximum Gasteiger partial charge on any atom is 0.247 e. The van der Waals surface area contributed by atoms with E-state index in [4.69, 9.17) is 0 Å². The molecule has 35 heavy (non-hydrogen) atoms. The van der Waals surface area contributed by atoms with Crippen LogP contribution in [0.15, 0.2) is 24.3 Å². The van der Waals surface area contributed by atoms with Crippen LogP contribution in [0.25, 0.3) is 0 Å². The lowest BCUT2D eigenvalue weighted by molar-refractivity contribution is -0.148. The molecular formula is C27H39N3O4S. The molecular weight excluding hydrogens is 462 g/mol. The largest absolute Gasteiger partial charge is 0.394 e. The average molecular weight is 502 g/mol. The molecule has 3 fully saturated rings. The van der Waals surface area contributed by atoms with Gasteiger partial charge in [0.05, 0.1) is 29.2 Å². The second-order valence-electron chi connectivity index (χ2n) is 10.7. The Labute approximate surface area is 213 Å². The minimum Gasteiger partial charge on any atom is -0.394 e. The van der Waals surface area contributed by atoms with Crippen molar-refractivity contribution in [1.29, 1.82) is 0 Å². The highest BCUT2D eigenvalue weighted by Crippen LogP contribution is 2.61. The number of likely N-dealkylation sites (tertiary alicyclic amines) is 1. The first-order chi connectivity index (χ1) is 17.0. The number of thioether (sulfide) groups is 1. The summed E-state index contributed by atoms with van der Waals surface area (Å²) in [5.74, 6) is -1.20. The van der Waals surface area contributed by atoms with Crippen LogP contribution < -0.4 is 0 Å². The number of hydrogen-bond acceptors (Lipinski definition) is 5. The first-order valence-corrected chi connectivity index (χ1v) is 14.4. The van der Waals surface area contributed by atoms with Crippen molar-refractivity contribution < 1.29 is 19.5 Å². The molecule has 5 rings (SSSR count). The normalized spacial score (nSPS) is 36.2. The maximum atomic E-state index is 14.4. The standard InChI is InChI=1S/C27H39N3O4S/c1-3-14-28-15-8-12-20-21(24(28)32)22-25(33)30(18(4-2)17-31)23-26(34)29(19-10-6-5-7-11-19)16-9-13-27(22,23)35-20/h8-9,12-13,18-23,31H,3-7,10-11,14-17H2,1-2H3/t18-,20-,21+,22-,23?,27-/m0/s1. The van der Waals surface area contributed by atoms with E-state index in [2.05, 4.69) is 31.2 Å². The van der Waals surface area contributed by atoms with Crippen LogP contribution in [0.4, 0.5) is 0 Å². The van der Waals surface area contributed by atoms with Gasteiger partial charge in [-0.05, 0) is 25.7 Å². The maximum absolute atomic E-state index is 14.4. The molecule has 0 aromatic rings. The lowest BCUT2D eigenvalue weighted by atomic mass is 9.78. The van der Waals surface area contributed by atoms with Gasteiger partial charge in [0.25, 0.3) is 0 Å². The minimum atomic E-state index is -0.787. The quantitative estimate of drug-likeness (QED) is 0.566. The molecule has 0 aromatic carbocycles. The van der Waals surface area contributed by atoms with Crippen LogP contribution >= 0.6 is 11.8 Å². The Bertz CT molecular complexity index is 912. The molecule has 4 aliphatic heterocycles. The van der Waals surface area contributed by atoms with Gasteiger partial charge in [0, 0.05) is 30.9 Å². The highest BCUT2D eigenvalue weighted by atomic mass is 32.2. The third kappa shape index (κ3) is 3.86. The monoisotopic (exact) mass is 501 g/mol. The Balaban J connectivity index is 1.59. The zero-order valence-corrected chi connectivity index (χ0v) is 21.8. The zero-order chi connectivity index (χ0) is 24.7. The third-order valence-electron chi connectivity index (χ3n) is 8.80. The van der Waals surface area contributed by atoms with Gasteiger partial charge >= 0.3 is 0 Å². The van der Waals surface area contributed by atoms with Gasteiger partial charge in [0.1, 0.15) is 6.04 Å². The van der Waals surface area contributed by atoms with Crippen molar-refractivity contribution in [3.63, 3.8) is 0 Å². The highest BCUT2D eigenvalue weighted by molar-refractivity contribution is 8.02. The van der Waals surface area contributed by atoms with Crippen molar-refractivity contribution >= 4 is 29.5 Å². The SMILES string of the molecule is CCCN1CC=C[C@@H]2S[C@]34C=CCN(C5CCCCC5)C(=O)C3N([C@@H](CC)CO)C(=O)[C@@H]4[C@@H]2C1=O. The van der Waals surface area contributed by atoms with E-state index in [-0.39, 0.29) is 35.6 Å². The van der Waals surface area contributed by atoms with Crippen molar-refractivity contribution in [2.45, 2.75) is 86.9 Å². The molecule has 8 heteroatoms. The number of rotatable bonds is 6. The number of carbonyl (C=O) groups is 3. The molecule has 1 saturated carbocycles. The fraction of sp³-hybridized carbons (Fsp3) is 0.741. The van der Waals surface area contributed by atoms with Crippen molar-refractivity contribution in [2.75, 3.05) is 26.2 Å². The van der Waals surface area contributed by atoms with Gasteiger partial charge < -0.3 is 19.8 Å². The summed E-state index contributed by atoms with van der Waals surface area (Å²) in [7, 11) is 0. The minimum absolute atomic E-state index is 0.00421. The smallest absolute Gasteiger partial charge is 0.247 e. The molecule has 5 aliphatic rings. The van der Waals surface area contributed by atoms with Crippen molar-refractivity contribution in [3.8, 4) is 0 Å². The number of carbonyl (C=O) groups excluding carboxylic acids is 3. The van der Waals surface area contributed by atoms with E-state index in [1.165, 1.54) is 6.42 Å². The molecule has 1 unspecified atom stereocenters. The van der Waals surface area contributed by atoms with Gasteiger partial charge in [-0.2, -0.15) is 0 Å². The Morgan fingerprint density at radius 3 is 2.51 bits per heavy atom. The van der Waals surface area contributed by atoms with E-state index in [9.17, 15) is 19.5 Å². The molecule has 6 atom stereocenters.